The number of esters is 1. The van der Waals surface area contributed by atoms with Crippen LogP contribution in [-0.2, 0) is 16.0 Å². The molecule has 1 fully saturated rings. The van der Waals surface area contributed by atoms with Gasteiger partial charge in [0.15, 0.2) is 0 Å². The second-order valence-corrected chi connectivity index (χ2v) is 8.50. The van der Waals surface area contributed by atoms with E-state index in [4.69, 9.17) is 9.47 Å². The Labute approximate surface area is 182 Å². The maximum Gasteiger partial charge on any atom is 0.367 e. The lowest BCUT2D eigenvalue weighted by atomic mass is 9.94. The SMILES string of the molecule is CCOC(=O)c1nc(-c2cc(C(=O)N(C)C3CCCCC3)c(C)n2CCOC)cs1. The summed E-state index contributed by atoms with van der Waals surface area (Å²) < 4.78 is 12.4. The molecular weight excluding hydrogens is 402 g/mol. The molecule has 0 radical (unpaired) electrons. The first-order valence-corrected chi connectivity index (χ1v) is 11.4. The monoisotopic (exact) mass is 433 g/mol. The third kappa shape index (κ3) is 4.75. The number of hydrogen-bond donors (Lipinski definition) is 0. The summed E-state index contributed by atoms with van der Waals surface area (Å²) in [7, 11) is 3.56. The van der Waals surface area contributed by atoms with Gasteiger partial charge in [0.2, 0.25) is 5.01 Å². The van der Waals surface area contributed by atoms with Crippen molar-refractivity contribution >= 4 is 23.2 Å². The lowest BCUT2D eigenvalue weighted by Crippen LogP contribution is -2.38. The van der Waals surface area contributed by atoms with Crippen molar-refractivity contribution in [1.82, 2.24) is 14.5 Å². The van der Waals surface area contributed by atoms with Crippen LogP contribution in [0.15, 0.2) is 11.4 Å². The fourth-order valence-corrected chi connectivity index (χ4v) is 4.75. The number of aromatic nitrogens is 2. The van der Waals surface area contributed by atoms with Gasteiger partial charge < -0.3 is 18.9 Å². The molecule has 2 heterocycles. The van der Waals surface area contributed by atoms with Crippen molar-refractivity contribution in [2.24, 2.45) is 0 Å². The third-order valence-corrected chi connectivity index (χ3v) is 6.60. The number of carbonyl (C=O) groups excluding carboxylic acids is 2. The van der Waals surface area contributed by atoms with Crippen LogP contribution in [0.25, 0.3) is 11.4 Å². The van der Waals surface area contributed by atoms with Crippen LogP contribution in [0.5, 0.6) is 0 Å². The van der Waals surface area contributed by atoms with E-state index in [1.54, 1.807) is 14.0 Å². The fourth-order valence-electron chi connectivity index (χ4n) is 4.05. The average Bonchev–Trinajstić information content (AvgIpc) is 3.37. The zero-order chi connectivity index (χ0) is 21.7. The predicted molar refractivity (Wildman–Crippen MR) is 117 cm³/mol. The molecule has 164 valence electrons. The minimum atomic E-state index is -0.422. The largest absolute Gasteiger partial charge is 0.461 e. The Kier molecular flexibility index (Phi) is 7.66. The summed E-state index contributed by atoms with van der Waals surface area (Å²) in [5, 5.41) is 2.15. The Balaban J connectivity index is 1.93. The molecule has 8 heteroatoms. The zero-order valence-corrected chi connectivity index (χ0v) is 19.1. The topological polar surface area (TPSA) is 73.7 Å². The van der Waals surface area contributed by atoms with Gasteiger partial charge in [-0.15, -0.1) is 11.3 Å². The fraction of sp³-hybridized carbons (Fsp3) is 0.591. The van der Waals surface area contributed by atoms with E-state index in [9.17, 15) is 9.59 Å². The van der Waals surface area contributed by atoms with E-state index in [2.05, 4.69) is 9.55 Å². The van der Waals surface area contributed by atoms with E-state index in [1.807, 2.05) is 30.3 Å². The minimum Gasteiger partial charge on any atom is -0.461 e. The molecule has 0 bridgehead atoms. The molecule has 0 spiro atoms. The molecule has 0 aromatic carbocycles. The van der Waals surface area contributed by atoms with Crippen LogP contribution in [0.1, 0.15) is 64.9 Å². The van der Waals surface area contributed by atoms with Crippen molar-refractivity contribution in [2.45, 2.75) is 58.5 Å². The molecule has 1 saturated carbocycles. The van der Waals surface area contributed by atoms with Gasteiger partial charge in [0, 0.05) is 37.8 Å². The number of ether oxygens (including phenoxy) is 2. The first kappa shape index (κ1) is 22.5. The van der Waals surface area contributed by atoms with Gasteiger partial charge in [-0.2, -0.15) is 0 Å². The average molecular weight is 434 g/mol. The van der Waals surface area contributed by atoms with Gasteiger partial charge in [0.25, 0.3) is 5.91 Å². The summed E-state index contributed by atoms with van der Waals surface area (Å²) in [5.41, 5.74) is 3.05. The van der Waals surface area contributed by atoms with Crippen LogP contribution >= 0.6 is 11.3 Å². The maximum absolute atomic E-state index is 13.3. The molecule has 30 heavy (non-hydrogen) atoms. The molecule has 0 aliphatic heterocycles. The summed E-state index contributed by atoms with van der Waals surface area (Å²) in [5.74, 6) is -0.383. The molecule has 0 atom stereocenters. The number of rotatable bonds is 8. The van der Waals surface area contributed by atoms with Crippen molar-refractivity contribution in [1.29, 1.82) is 0 Å². The lowest BCUT2D eigenvalue weighted by Gasteiger charge is -2.31. The van der Waals surface area contributed by atoms with Gasteiger partial charge in [-0.3, -0.25) is 4.79 Å². The van der Waals surface area contributed by atoms with Gasteiger partial charge in [0.05, 0.1) is 30.2 Å². The van der Waals surface area contributed by atoms with E-state index < -0.39 is 5.97 Å². The summed E-state index contributed by atoms with van der Waals surface area (Å²) in [6.07, 6.45) is 5.73. The van der Waals surface area contributed by atoms with E-state index in [-0.39, 0.29) is 5.91 Å². The van der Waals surface area contributed by atoms with Crippen molar-refractivity contribution < 1.29 is 19.1 Å². The number of nitrogens with zero attached hydrogens (tertiary/aromatic N) is 3. The van der Waals surface area contributed by atoms with E-state index in [0.717, 1.165) is 24.2 Å². The summed E-state index contributed by atoms with van der Waals surface area (Å²) in [4.78, 5) is 31.7. The lowest BCUT2D eigenvalue weighted by molar-refractivity contribution is 0.0525. The highest BCUT2D eigenvalue weighted by molar-refractivity contribution is 7.11. The predicted octanol–water partition coefficient (Wildman–Crippen LogP) is 4.15. The molecule has 0 N–H and O–H groups in total. The third-order valence-electron chi connectivity index (χ3n) is 5.78. The van der Waals surface area contributed by atoms with Crippen LogP contribution in [-0.4, -0.2) is 59.7 Å². The molecule has 0 unspecified atom stereocenters. The number of thiazole rings is 1. The van der Waals surface area contributed by atoms with Crippen LogP contribution in [0.2, 0.25) is 0 Å². The van der Waals surface area contributed by atoms with Crippen LogP contribution in [0, 0.1) is 6.92 Å². The molecule has 0 saturated heterocycles. The molecule has 1 aliphatic rings. The smallest absolute Gasteiger partial charge is 0.367 e. The van der Waals surface area contributed by atoms with E-state index >= 15 is 0 Å². The molecule has 7 nitrogen and oxygen atoms in total. The van der Waals surface area contributed by atoms with E-state index in [1.165, 1.54) is 30.6 Å². The van der Waals surface area contributed by atoms with Crippen LogP contribution < -0.4 is 0 Å². The molecule has 2 aromatic rings. The Morgan fingerprint density at radius 3 is 2.70 bits per heavy atom. The summed E-state index contributed by atoms with van der Waals surface area (Å²) in [6.45, 7) is 5.16. The highest BCUT2D eigenvalue weighted by Gasteiger charge is 2.27. The maximum atomic E-state index is 13.3. The first-order chi connectivity index (χ1) is 14.5. The Bertz CT molecular complexity index is 883. The Hall–Kier alpha value is -2.19. The Morgan fingerprint density at radius 1 is 1.30 bits per heavy atom. The molecule has 2 aromatic heterocycles. The second kappa shape index (κ2) is 10.2. The molecular formula is C22H31N3O4S. The number of amides is 1. The Morgan fingerprint density at radius 2 is 2.03 bits per heavy atom. The second-order valence-electron chi connectivity index (χ2n) is 7.64. The highest BCUT2D eigenvalue weighted by atomic mass is 32.1. The van der Waals surface area contributed by atoms with Gasteiger partial charge in [-0.1, -0.05) is 19.3 Å². The van der Waals surface area contributed by atoms with Crippen molar-refractivity contribution in [3.05, 3.63) is 27.7 Å². The molecule has 3 rings (SSSR count). The number of carbonyl (C=O) groups is 2. The number of methoxy groups -OCH3 is 1. The van der Waals surface area contributed by atoms with E-state index in [0.29, 0.717) is 42.1 Å². The number of hydrogen-bond acceptors (Lipinski definition) is 6. The molecule has 1 aliphatic carbocycles. The zero-order valence-electron chi connectivity index (χ0n) is 18.3. The van der Waals surface area contributed by atoms with Gasteiger partial charge in [-0.25, -0.2) is 9.78 Å². The van der Waals surface area contributed by atoms with Gasteiger partial charge >= 0.3 is 5.97 Å². The normalized spacial score (nSPS) is 14.7. The van der Waals surface area contributed by atoms with Crippen molar-refractivity contribution in [3.63, 3.8) is 0 Å². The standard InChI is InChI=1S/C22H31N3O4S/c1-5-29-22(27)20-23-18(14-30-20)19-13-17(15(2)25(19)11-12-28-4)21(26)24(3)16-9-7-6-8-10-16/h13-14,16H,5-12H2,1-4H3. The van der Waals surface area contributed by atoms with Gasteiger partial charge in [-0.05, 0) is 32.8 Å². The minimum absolute atomic E-state index is 0.0395. The van der Waals surface area contributed by atoms with Crippen LogP contribution in [0.3, 0.4) is 0 Å². The summed E-state index contributed by atoms with van der Waals surface area (Å²) in [6, 6.07) is 2.20. The van der Waals surface area contributed by atoms with Crippen LogP contribution in [0.4, 0.5) is 0 Å². The van der Waals surface area contributed by atoms with Crippen molar-refractivity contribution in [3.8, 4) is 11.4 Å². The van der Waals surface area contributed by atoms with Crippen molar-refractivity contribution in [2.75, 3.05) is 27.4 Å². The van der Waals surface area contributed by atoms with Gasteiger partial charge in [0.1, 0.15) is 0 Å². The first-order valence-electron chi connectivity index (χ1n) is 10.6. The summed E-state index contributed by atoms with van der Waals surface area (Å²) >= 11 is 1.25. The quantitative estimate of drug-likeness (QED) is 0.585. The highest BCUT2D eigenvalue weighted by Crippen LogP contribution is 2.30. The molecule has 1 amide bonds.